The van der Waals surface area contributed by atoms with Gasteiger partial charge in [-0.1, -0.05) is 54.1 Å². The number of rotatable bonds is 4. The van der Waals surface area contributed by atoms with Gasteiger partial charge in [-0.05, 0) is 28.5 Å². The predicted molar refractivity (Wildman–Crippen MR) is 105 cm³/mol. The predicted octanol–water partition coefficient (Wildman–Crippen LogP) is 5.27. The van der Waals surface area contributed by atoms with Gasteiger partial charge in [0.2, 0.25) is 0 Å². The first-order valence-electron chi connectivity index (χ1n) is 8.46. The lowest BCUT2D eigenvalue weighted by molar-refractivity contribution is 0.102. The molecule has 4 rings (SSSR count). The molecule has 0 spiro atoms. The normalized spacial score (nSPS) is 11.0. The van der Waals surface area contributed by atoms with Crippen molar-refractivity contribution in [1.29, 1.82) is 0 Å². The van der Waals surface area contributed by atoms with Gasteiger partial charge < -0.3 is 5.32 Å². The van der Waals surface area contributed by atoms with E-state index in [4.69, 9.17) is 11.6 Å². The van der Waals surface area contributed by atoms with E-state index in [0.717, 1.165) is 28.5 Å². The number of aromatic nitrogens is 2. The van der Waals surface area contributed by atoms with Gasteiger partial charge in [0.25, 0.3) is 5.91 Å². The lowest BCUT2D eigenvalue weighted by Gasteiger charge is -2.07. The Balaban J connectivity index is 1.53. The van der Waals surface area contributed by atoms with Crippen LogP contribution < -0.4 is 5.32 Å². The van der Waals surface area contributed by atoms with E-state index < -0.39 is 17.5 Å². The standard InChI is InChI=1S/C21H14ClF2N3O/c22-18-9-20(24)19(23)8-17(18)21(28)26-15-10-25-27(12-15)11-14-6-3-5-13-4-1-2-7-16(13)14/h1-10,12H,11H2,(H,26,28). The fourth-order valence-corrected chi connectivity index (χ4v) is 3.25. The molecule has 1 aromatic heterocycles. The van der Waals surface area contributed by atoms with Gasteiger partial charge in [0.05, 0.1) is 29.0 Å². The second kappa shape index (κ2) is 7.40. The van der Waals surface area contributed by atoms with Crippen LogP contribution in [0.1, 0.15) is 15.9 Å². The number of hydrogen-bond acceptors (Lipinski definition) is 2. The number of hydrogen-bond donors (Lipinski definition) is 1. The van der Waals surface area contributed by atoms with E-state index in [1.807, 2.05) is 42.5 Å². The Morgan fingerprint density at radius 1 is 1.07 bits per heavy atom. The summed E-state index contributed by atoms with van der Waals surface area (Å²) < 4.78 is 28.3. The molecule has 0 aliphatic rings. The van der Waals surface area contributed by atoms with Gasteiger partial charge in [-0.25, -0.2) is 8.78 Å². The smallest absolute Gasteiger partial charge is 0.257 e. The molecule has 140 valence electrons. The summed E-state index contributed by atoms with van der Waals surface area (Å²) in [4.78, 5) is 12.3. The molecule has 4 aromatic rings. The van der Waals surface area contributed by atoms with Crippen molar-refractivity contribution < 1.29 is 13.6 Å². The number of nitrogens with zero attached hydrogens (tertiary/aromatic N) is 2. The summed E-state index contributed by atoms with van der Waals surface area (Å²) in [5, 5.41) is 8.94. The summed E-state index contributed by atoms with van der Waals surface area (Å²) in [5.41, 5.74) is 1.36. The number of benzene rings is 3. The van der Waals surface area contributed by atoms with Crippen molar-refractivity contribution in [2.75, 3.05) is 5.32 Å². The molecule has 1 amide bonds. The maximum absolute atomic E-state index is 13.4. The molecule has 0 bridgehead atoms. The SMILES string of the molecule is O=C(Nc1cnn(Cc2cccc3ccccc23)c1)c1cc(F)c(F)cc1Cl. The summed E-state index contributed by atoms with van der Waals surface area (Å²) in [6.07, 6.45) is 3.14. The molecule has 0 atom stereocenters. The Bertz CT molecular complexity index is 1180. The van der Waals surface area contributed by atoms with Crippen LogP contribution in [0.2, 0.25) is 5.02 Å². The van der Waals surface area contributed by atoms with Crippen molar-refractivity contribution in [2.45, 2.75) is 6.54 Å². The highest BCUT2D eigenvalue weighted by atomic mass is 35.5. The van der Waals surface area contributed by atoms with Crippen LogP contribution in [0.5, 0.6) is 0 Å². The Labute approximate surface area is 164 Å². The third-order valence-corrected chi connectivity index (χ3v) is 4.67. The molecule has 0 aliphatic carbocycles. The molecule has 0 saturated carbocycles. The third-order valence-electron chi connectivity index (χ3n) is 4.36. The molecular weight excluding hydrogens is 384 g/mol. The number of carbonyl (C=O) groups excluding carboxylic acids is 1. The Kier molecular flexibility index (Phi) is 4.79. The van der Waals surface area contributed by atoms with Crippen LogP contribution in [0.25, 0.3) is 10.8 Å². The van der Waals surface area contributed by atoms with Crippen molar-refractivity contribution in [3.63, 3.8) is 0 Å². The largest absolute Gasteiger partial charge is 0.319 e. The first-order chi connectivity index (χ1) is 13.5. The molecule has 0 saturated heterocycles. The van der Waals surface area contributed by atoms with E-state index in [2.05, 4.69) is 10.4 Å². The summed E-state index contributed by atoms with van der Waals surface area (Å²) in [5.74, 6) is -2.89. The van der Waals surface area contributed by atoms with Gasteiger partial charge in [0.15, 0.2) is 11.6 Å². The van der Waals surface area contributed by atoms with Gasteiger partial charge in [-0.2, -0.15) is 5.10 Å². The quantitative estimate of drug-likeness (QED) is 0.477. The van der Waals surface area contributed by atoms with Gasteiger partial charge in [0, 0.05) is 6.20 Å². The zero-order chi connectivity index (χ0) is 19.7. The Hall–Kier alpha value is -3.25. The van der Waals surface area contributed by atoms with Crippen molar-refractivity contribution in [1.82, 2.24) is 9.78 Å². The first-order valence-corrected chi connectivity index (χ1v) is 8.84. The minimum atomic E-state index is -1.14. The zero-order valence-electron chi connectivity index (χ0n) is 14.5. The van der Waals surface area contributed by atoms with Crippen LogP contribution in [0.4, 0.5) is 14.5 Å². The Morgan fingerprint density at radius 2 is 1.82 bits per heavy atom. The summed E-state index contributed by atoms with van der Waals surface area (Å²) in [7, 11) is 0. The Morgan fingerprint density at radius 3 is 2.68 bits per heavy atom. The van der Waals surface area contributed by atoms with E-state index in [-0.39, 0.29) is 10.6 Å². The number of fused-ring (bicyclic) bond motifs is 1. The van der Waals surface area contributed by atoms with Crippen LogP contribution in [-0.4, -0.2) is 15.7 Å². The summed E-state index contributed by atoms with van der Waals surface area (Å²) >= 11 is 5.84. The highest BCUT2D eigenvalue weighted by molar-refractivity contribution is 6.34. The van der Waals surface area contributed by atoms with Crippen LogP contribution in [0, 0.1) is 11.6 Å². The molecule has 0 unspecified atom stereocenters. The van der Waals surface area contributed by atoms with E-state index in [1.54, 1.807) is 10.9 Å². The minimum Gasteiger partial charge on any atom is -0.319 e. The maximum atomic E-state index is 13.4. The second-order valence-corrected chi connectivity index (χ2v) is 6.67. The third kappa shape index (κ3) is 3.59. The fraction of sp³-hybridized carbons (Fsp3) is 0.0476. The molecule has 1 N–H and O–H groups in total. The highest BCUT2D eigenvalue weighted by Gasteiger charge is 2.16. The molecule has 4 nitrogen and oxygen atoms in total. The first kappa shape index (κ1) is 18.1. The highest BCUT2D eigenvalue weighted by Crippen LogP contribution is 2.22. The van der Waals surface area contributed by atoms with Gasteiger partial charge in [-0.3, -0.25) is 9.48 Å². The summed E-state index contributed by atoms with van der Waals surface area (Å²) in [6, 6.07) is 15.6. The average Bonchev–Trinajstić information content (AvgIpc) is 3.11. The average molecular weight is 398 g/mol. The molecule has 0 fully saturated rings. The molecule has 1 heterocycles. The second-order valence-electron chi connectivity index (χ2n) is 6.27. The van der Waals surface area contributed by atoms with E-state index in [0.29, 0.717) is 12.2 Å². The van der Waals surface area contributed by atoms with Crippen LogP contribution >= 0.6 is 11.6 Å². The molecule has 3 aromatic carbocycles. The molecule has 28 heavy (non-hydrogen) atoms. The van der Waals surface area contributed by atoms with Crippen LogP contribution in [0.15, 0.2) is 67.0 Å². The van der Waals surface area contributed by atoms with Gasteiger partial charge in [-0.15, -0.1) is 0 Å². The minimum absolute atomic E-state index is 0.151. The van der Waals surface area contributed by atoms with Crippen LogP contribution in [-0.2, 0) is 6.54 Å². The topological polar surface area (TPSA) is 46.9 Å². The molecule has 0 radical (unpaired) electrons. The zero-order valence-corrected chi connectivity index (χ0v) is 15.3. The fourth-order valence-electron chi connectivity index (χ4n) is 3.01. The van der Waals surface area contributed by atoms with Crippen LogP contribution in [0.3, 0.4) is 0 Å². The lowest BCUT2D eigenvalue weighted by Crippen LogP contribution is -2.13. The number of anilines is 1. The monoisotopic (exact) mass is 397 g/mol. The molecule has 0 aliphatic heterocycles. The lowest BCUT2D eigenvalue weighted by atomic mass is 10.0. The van der Waals surface area contributed by atoms with Gasteiger partial charge in [0.1, 0.15) is 0 Å². The number of amides is 1. The number of nitrogens with one attached hydrogen (secondary N) is 1. The van der Waals surface area contributed by atoms with Crippen molar-refractivity contribution in [2.24, 2.45) is 0 Å². The van der Waals surface area contributed by atoms with E-state index in [9.17, 15) is 13.6 Å². The number of carbonyl (C=O) groups is 1. The van der Waals surface area contributed by atoms with Crippen molar-refractivity contribution in [3.8, 4) is 0 Å². The molecule has 7 heteroatoms. The summed E-state index contributed by atoms with van der Waals surface area (Å²) in [6.45, 7) is 0.517. The maximum Gasteiger partial charge on any atom is 0.257 e. The van der Waals surface area contributed by atoms with Crippen molar-refractivity contribution >= 4 is 34.0 Å². The van der Waals surface area contributed by atoms with Crippen molar-refractivity contribution in [3.05, 3.63) is 94.8 Å². The van der Waals surface area contributed by atoms with E-state index >= 15 is 0 Å². The van der Waals surface area contributed by atoms with Gasteiger partial charge >= 0.3 is 0 Å². The molecular formula is C21H14ClF2N3O. The van der Waals surface area contributed by atoms with E-state index in [1.165, 1.54) is 6.20 Å². The number of halogens is 3.